The van der Waals surface area contributed by atoms with Crippen LogP contribution in [0.2, 0.25) is 0 Å². The van der Waals surface area contributed by atoms with Crippen molar-refractivity contribution in [3.05, 3.63) is 136 Å². The minimum atomic E-state index is -1.31. The van der Waals surface area contributed by atoms with Gasteiger partial charge in [0.1, 0.15) is 11.5 Å². The van der Waals surface area contributed by atoms with Gasteiger partial charge in [-0.25, -0.2) is 0 Å². The molecule has 6 heteroatoms. The van der Waals surface area contributed by atoms with Crippen molar-refractivity contribution in [1.82, 2.24) is 0 Å². The van der Waals surface area contributed by atoms with Gasteiger partial charge in [-0.1, -0.05) is 107 Å². The molecule has 0 radical (unpaired) electrons. The summed E-state index contributed by atoms with van der Waals surface area (Å²) in [5.74, 6) is -1.65. The summed E-state index contributed by atoms with van der Waals surface area (Å²) in [5, 5.41) is 3.06. The van der Waals surface area contributed by atoms with Gasteiger partial charge in [0, 0.05) is 27.0 Å². The molecule has 0 unspecified atom stereocenters. The maximum absolute atomic E-state index is 14.6. The minimum Gasteiger partial charge on any atom is -0.352 e. The Balaban J connectivity index is 1.55. The van der Waals surface area contributed by atoms with E-state index in [1.165, 1.54) is 0 Å². The Kier molecular flexibility index (Phi) is 5.42. The second-order valence-electron chi connectivity index (χ2n) is 10.2. The molecular formula is C33H23BrN2O3. The van der Waals surface area contributed by atoms with Crippen LogP contribution in [0.3, 0.4) is 0 Å². The molecule has 1 spiro atoms. The Morgan fingerprint density at radius 3 is 2.15 bits per heavy atom. The summed E-state index contributed by atoms with van der Waals surface area (Å²) in [6.07, 6.45) is 3.98. The number of benzene rings is 4. The number of halogens is 1. The molecule has 0 aliphatic carbocycles. The van der Waals surface area contributed by atoms with Gasteiger partial charge in [-0.15, -0.1) is 0 Å². The molecule has 39 heavy (non-hydrogen) atoms. The third-order valence-corrected chi connectivity index (χ3v) is 8.76. The van der Waals surface area contributed by atoms with Crippen LogP contribution in [0.4, 0.5) is 11.4 Å². The first kappa shape index (κ1) is 23.8. The molecule has 1 amide bonds. The second-order valence-corrected chi connectivity index (χ2v) is 11.1. The van der Waals surface area contributed by atoms with Crippen LogP contribution in [0.1, 0.15) is 31.8 Å². The summed E-state index contributed by atoms with van der Waals surface area (Å²) in [6.45, 7) is 0. The monoisotopic (exact) mass is 574 g/mol. The standard InChI is InChI=1S/C33H23BrN2O3/c34-23-16-17-26-22(19-23)15-18-27-33(24-13-7-8-14-25(24)35-32(33)39)28(30(37)20-9-3-1-4-10-20)29(36(26)27)31(38)21-11-5-2-6-12-21/h1-19,27-29H,(H,35,39)/t27-,28-,29-,33+/m1/s1. The van der Waals surface area contributed by atoms with Gasteiger partial charge in [-0.3, -0.25) is 14.4 Å². The topological polar surface area (TPSA) is 66.5 Å². The van der Waals surface area contributed by atoms with Crippen molar-refractivity contribution in [2.24, 2.45) is 5.92 Å². The van der Waals surface area contributed by atoms with Gasteiger partial charge in [0.05, 0.1) is 12.0 Å². The van der Waals surface area contributed by atoms with Crippen LogP contribution in [-0.4, -0.2) is 29.6 Å². The highest BCUT2D eigenvalue weighted by Gasteiger charge is 2.70. The SMILES string of the molecule is O=C(c1ccccc1)[C@H]1[C@H](C(=O)c2ccccc2)[C@@]2(C(=O)Nc3ccccc32)[C@H]2C=Cc3cc(Br)ccc3N12. The quantitative estimate of drug-likeness (QED) is 0.290. The lowest BCUT2D eigenvalue weighted by molar-refractivity contribution is -0.121. The fourth-order valence-corrected chi connectivity index (χ4v) is 7.08. The Hall–Kier alpha value is -4.29. The number of para-hydroxylation sites is 1. The number of anilines is 2. The van der Waals surface area contributed by atoms with Crippen LogP contribution in [0.5, 0.6) is 0 Å². The lowest BCUT2D eigenvalue weighted by Crippen LogP contribution is -2.51. The maximum atomic E-state index is 14.6. The number of hydrogen-bond acceptors (Lipinski definition) is 4. The summed E-state index contributed by atoms with van der Waals surface area (Å²) in [7, 11) is 0. The number of fused-ring (bicyclic) bond motifs is 6. The summed E-state index contributed by atoms with van der Waals surface area (Å²) >= 11 is 3.56. The molecule has 0 aromatic heterocycles. The van der Waals surface area contributed by atoms with Crippen LogP contribution in [0.25, 0.3) is 6.08 Å². The fourth-order valence-electron chi connectivity index (χ4n) is 6.71. The lowest BCUT2D eigenvalue weighted by Gasteiger charge is -2.37. The molecule has 4 aromatic rings. The van der Waals surface area contributed by atoms with Crippen molar-refractivity contribution in [1.29, 1.82) is 0 Å². The van der Waals surface area contributed by atoms with E-state index in [4.69, 9.17) is 0 Å². The molecule has 0 bridgehead atoms. The molecule has 1 N–H and O–H groups in total. The molecule has 4 atom stereocenters. The highest BCUT2D eigenvalue weighted by atomic mass is 79.9. The van der Waals surface area contributed by atoms with Crippen molar-refractivity contribution in [2.45, 2.75) is 17.5 Å². The molecule has 4 aromatic carbocycles. The molecule has 5 nitrogen and oxygen atoms in total. The van der Waals surface area contributed by atoms with Gasteiger partial charge in [-0.2, -0.15) is 0 Å². The number of carbonyl (C=O) groups is 3. The van der Waals surface area contributed by atoms with Gasteiger partial charge in [-0.05, 0) is 35.4 Å². The van der Waals surface area contributed by atoms with Crippen LogP contribution in [0, 0.1) is 5.92 Å². The number of rotatable bonds is 4. The molecule has 190 valence electrons. The molecule has 7 rings (SSSR count). The average molecular weight is 575 g/mol. The smallest absolute Gasteiger partial charge is 0.238 e. The number of amides is 1. The van der Waals surface area contributed by atoms with Crippen molar-refractivity contribution in [2.75, 3.05) is 10.2 Å². The predicted molar refractivity (Wildman–Crippen MR) is 155 cm³/mol. The molecule has 0 saturated carbocycles. The number of Topliss-reactive ketones (excluding diaryl/α,β-unsaturated/α-hetero) is 2. The molecule has 3 aliphatic rings. The summed E-state index contributed by atoms with van der Waals surface area (Å²) < 4.78 is 0.907. The third kappa shape index (κ3) is 3.34. The van der Waals surface area contributed by atoms with E-state index in [9.17, 15) is 14.4 Å². The van der Waals surface area contributed by atoms with Crippen molar-refractivity contribution < 1.29 is 14.4 Å². The van der Waals surface area contributed by atoms with Gasteiger partial charge < -0.3 is 10.2 Å². The van der Waals surface area contributed by atoms with E-state index in [0.29, 0.717) is 16.8 Å². The van der Waals surface area contributed by atoms with E-state index in [-0.39, 0.29) is 17.5 Å². The number of nitrogens with zero attached hydrogens (tertiary/aromatic N) is 1. The number of hydrogen-bond donors (Lipinski definition) is 1. The lowest BCUT2D eigenvalue weighted by atomic mass is 9.64. The molecular weight excluding hydrogens is 552 g/mol. The Labute approximate surface area is 234 Å². The first-order chi connectivity index (χ1) is 19.0. The third-order valence-electron chi connectivity index (χ3n) is 8.26. The zero-order valence-electron chi connectivity index (χ0n) is 20.8. The van der Waals surface area contributed by atoms with Crippen molar-refractivity contribution in [3.8, 4) is 0 Å². The van der Waals surface area contributed by atoms with E-state index < -0.39 is 23.4 Å². The Morgan fingerprint density at radius 2 is 1.44 bits per heavy atom. The zero-order chi connectivity index (χ0) is 26.7. The number of ketones is 2. The van der Waals surface area contributed by atoms with E-state index in [2.05, 4.69) is 21.2 Å². The highest BCUT2D eigenvalue weighted by molar-refractivity contribution is 9.10. The molecule has 1 saturated heterocycles. The minimum absolute atomic E-state index is 0.187. The Bertz CT molecular complexity index is 1680. The van der Waals surface area contributed by atoms with Gasteiger partial charge >= 0.3 is 0 Å². The molecule has 1 fully saturated rings. The first-order valence-corrected chi connectivity index (χ1v) is 13.7. The predicted octanol–water partition coefficient (Wildman–Crippen LogP) is 6.31. The maximum Gasteiger partial charge on any atom is 0.238 e. The van der Waals surface area contributed by atoms with E-state index in [1.54, 1.807) is 24.3 Å². The first-order valence-electron chi connectivity index (χ1n) is 12.9. The van der Waals surface area contributed by atoms with Crippen LogP contribution in [-0.2, 0) is 10.2 Å². The zero-order valence-corrected chi connectivity index (χ0v) is 22.3. The van der Waals surface area contributed by atoms with E-state index in [0.717, 1.165) is 21.3 Å². The van der Waals surface area contributed by atoms with Crippen molar-refractivity contribution >= 4 is 50.9 Å². The van der Waals surface area contributed by atoms with Crippen LogP contribution in [0.15, 0.2) is 114 Å². The largest absolute Gasteiger partial charge is 0.352 e. The summed E-state index contributed by atoms with van der Waals surface area (Å²) in [4.78, 5) is 45.5. The van der Waals surface area contributed by atoms with E-state index >= 15 is 0 Å². The average Bonchev–Trinajstić information content (AvgIpc) is 3.45. The van der Waals surface area contributed by atoms with Gasteiger partial charge in [0.15, 0.2) is 11.6 Å². The van der Waals surface area contributed by atoms with Gasteiger partial charge in [0.25, 0.3) is 0 Å². The fraction of sp³-hybridized carbons (Fsp3) is 0.121. The highest BCUT2D eigenvalue weighted by Crippen LogP contribution is 2.58. The van der Waals surface area contributed by atoms with Crippen LogP contribution < -0.4 is 10.2 Å². The second kappa shape index (κ2) is 8.89. The summed E-state index contributed by atoms with van der Waals surface area (Å²) in [5.41, 5.74) is 2.83. The normalized spacial score (nSPS) is 24.2. The molecule has 3 aliphatic heterocycles. The van der Waals surface area contributed by atoms with Crippen LogP contribution >= 0.6 is 15.9 Å². The Morgan fingerprint density at radius 1 is 0.795 bits per heavy atom. The van der Waals surface area contributed by atoms with Crippen molar-refractivity contribution in [3.63, 3.8) is 0 Å². The van der Waals surface area contributed by atoms with E-state index in [1.807, 2.05) is 95.9 Å². The number of carbonyl (C=O) groups excluding carboxylic acids is 3. The van der Waals surface area contributed by atoms with Gasteiger partial charge in [0.2, 0.25) is 5.91 Å². The summed E-state index contributed by atoms with van der Waals surface area (Å²) in [6, 6.07) is 30.0. The molecule has 3 heterocycles. The number of nitrogens with one attached hydrogen (secondary N) is 1.